The highest BCUT2D eigenvalue weighted by Gasteiger charge is 2.05. The molecule has 0 aliphatic rings. The Kier molecular flexibility index (Phi) is 11.6. The van der Waals surface area contributed by atoms with Crippen LogP contribution >= 0.6 is 46.0 Å². The van der Waals surface area contributed by atoms with E-state index in [1.807, 2.05) is 98.7 Å². The summed E-state index contributed by atoms with van der Waals surface area (Å²) in [5.41, 5.74) is 7.54. The van der Waals surface area contributed by atoms with E-state index < -0.39 is 0 Å². The van der Waals surface area contributed by atoms with Crippen LogP contribution in [0, 0.1) is 0 Å². The van der Waals surface area contributed by atoms with Gasteiger partial charge in [-0.3, -0.25) is 0 Å². The average Bonchev–Trinajstić information content (AvgIpc) is 2.67. The quantitative estimate of drug-likeness (QED) is 0.292. The molecule has 0 heterocycles. The summed E-state index contributed by atoms with van der Waals surface area (Å²) in [5.74, 6) is 0.386. The summed E-state index contributed by atoms with van der Waals surface area (Å²) in [4.78, 5) is 8.03. The van der Waals surface area contributed by atoms with E-state index in [0.29, 0.717) is 5.96 Å². The first kappa shape index (κ1) is 24.2. The average molecular weight is 452 g/mol. The maximum absolute atomic E-state index is 5.78. The molecular weight excluding hydrogens is 427 g/mol. The number of para-hydroxylation sites is 2. The van der Waals surface area contributed by atoms with Gasteiger partial charge in [-0.05, 0) is 45.9 Å². The third-order valence-corrected chi connectivity index (χ3v) is 7.13. The Balaban J connectivity index is 0.000000295. The SMILES string of the molecule is CN(C)C(=S)SSC(=S)N(C)C.NC(=Nc1ccccc1)Nc1ccccc1. The van der Waals surface area contributed by atoms with Gasteiger partial charge in [-0.2, -0.15) is 0 Å². The van der Waals surface area contributed by atoms with Crippen LogP contribution in [0.1, 0.15) is 0 Å². The molecule has 0 unspecified atom stereocenters. The molecule has 0 fully saturated rings. The Bertz CT molecular complexity index is 744. The zero-order chi connectivity index (χ0) is 20.9. The fourth-order valence-corrected chi connectivity index (χ4v) is 3.93. The van der Waals surface area contributed by atoms with Crippen LogP contribution < -0.4 is 11.1 Å². The lowest BCUT2D eigenvalue weighted by Crippen LogP contribution is -2.21. The second kappa shape index (κ2) is 13.4. The van der Waals surface area contributed by atoms with Crippen LogP contribution in [0.2, 0.25) is 0 Å². The second-order valence-electron chi connectivity index (χ2n) is 5.81. The van der Waals surface area contributed by atoms with Crippen molar-refractivity contribution in [2.24, 2.45) is 10.7 Å². The maximum Gasteiger partial charge on any atom is 0.198 e. The number of aliphatic imine (C=N–C) groups is 1. The molecule has 0 bridgehead atoms. The van der Waals surface area contributed by atoms with Crippen LogP contribution in [0.4, 0.5) is 11.4 Å². The molecule has 0 spiro atoms. The van der Waals surface area contributed by atoms with E-state index in [1.165, 1.54) is 21.6 Å². The highest BCUT2D eigenvalue weighted by Crippen LogP contribution is 2.26. The van der Waals surface area contributed by atoms with Crippen molar-refractivity contribution in [3.63, 3.8) is 0 Å². The van der Waals surface area contributed by atoms with E-state index >= 15 is 0 Å². The molecule has 3 N–H and O–H groups in total. The van der Waals surface area contributed by atoms with Crippen molar-refractivity contribution >= 4 is 72.0 Å². The normalized spacial score (nSPS) is 10.4. The van der Waals surface area contributed by atoms with E-state index in [1.54, 1.807) is 0 Å². The zero-order valence-corrected chi connectivity index (χ0v) is 19.6. The van der Waals surface area contributed by atoms with Crippen LogP contribution in [0.5, 0.6) is 0 Å². The summed E-state index contributed by atoms with van der Waals surface area (Å²) in [6.07, 6.45) is 0. The number of hydrogen-bond acceptors (Lipinski definition) is 5. The molecule has 0 saturated carbocycles. The number of nitrogens with two attached hydrogens (primary N) is 1. The van der Waals surface area contributed by atoms with Gasteiger partial charge in [-0.25, -0.2) is 4.99 Å². The van der Waals surface area contributed by atoms with E-state index in [9.17, 15) is 0 Å². The number of anilines is 1. The molecule has 2 aromatic rings. The molecule has 9 heteroatoms. The number of nitrogens with one attached hydrogen (secondary N) is 1. The fourth-order valence-electron chi connectivity index (χ4n) is 1.56. The Labute approximate surface area is 186 Å². The lowest BCUT2D eigenvalue weighted by Gasteiger charge is -2.15. The first-order valence-electron chi connectivity index (χ1n) is 8.28. The molecule has 150 valence electrons. The molecule has 2 aromatic carbocycles. The van der Waals surface area contributed by atoms with Crippen molar-refractivity contribution in [3.05, 3.63) is 60.7 Å². The van der Waals surface area contributed by atoms with Gasteiger partial charge in [0.1, 0.15) is 8.64 Å². The van der Waals surface area contributed by atoms with Gasteiger partial charge in [0.2, 0.25) is 0 Å². The fraction of sp³-hybridized carbons (Fsp3) is 0.211. The molecule has 0 amide bonds. The summed E-state index contributed by atoms with van der Waals surface area (Å²) < 4.78 is 1.67. The number of guanidine groups is 1. The van der Waals surface area contributed by atoms with Gasteiger partial charge >= 0.3 is 0 Å². The van der Waals surface area contributed by atoms with Crippen molar-refractivity contribution < 1.29 is 0 Å². The first-order valence-corrected chi connectivity index (χ1v) is 11.2. The van der Waals surface area contributed by atoms with Gasteiger partial charge in [0.15, 0.2) is 5.96 Å². The lowest BCUT2D eigenvalue weighted by atomic mass is 10.3. The summed E-state index contributed by atoms with van der Waals surface area (Å²) >= 11 is 10.1. The molecule has 0 aliphatic heterocycles. The Morgan fingerprint density at radius 2 is 1.25 bits per heavy atom. The third kappa shape index (κ3) is 10.5. The molecule has 2 rings (SSSR count). The molecule has 0 aromatic heterocycles. The largest absolute Gasteiger partial charge is 0.369 e. The minimum absolute atomic E-state index is 0.386. The molecule has 0 saturated heterocycles. The van der Waals surface area contributed by atoms with Crippen molar-refractivity contribution in [2.75, 3.05) is 33.5 Å². The predicted molar refractivity (Wildman–Crippen MR) is 136 cm³/mol. The first-order chi connectivity index (χ1) is 13.3. The Morgan fingerprint density at radius 1 is 0.821 bits per heavy atom. The van der Waals surface area contributed by atoms with Gasteiger partial charge in [-0.1, -0.05) is 60.8 Å². The maximum atomic E-state index is 5.78. The van der Waals surface area contributed by atoms with Crippen LogP contribution in [0.3, 0.4) is 0 Å². The Hall–Kier alpha value is -1.81. The summed E-state index contributed by atoms with van der Waals surface area (Å²) in [7, 11) is 10.7. The molecule has 0 radical (unpaired) electrons. The predicted octanol–water partition coefficient (Wildman–Crippen LogP) is 4.81. The van der Waals surface area contributed by atoms with E-state index in [0.717, 1.165) is 20.0 Å². The van der Waals surface area contributed by atoms with E-state index in [4.69, 9.17) is 30.2 Å². The van der Waals surface area contributed by atoms with E-state index in [2.05, 4.69) is 10.3 Å². The van der Waals surface area contributed by atoms with Gasteiger partial charge in [-0.15, -0.1) is 0 Å². The van der Waals surface area contributed by atoms with Gasteiger partial charge in [0.05, 0.1) is 5.69 Å². The molecule has 0 atom stereocenters. The summed E-state index contributed by atoms with van der Waals surface area (Å²) in [5, 5.41) is 3.02. The monoisotopic (exact) mass is 451 g/mol. The van der Waals surface area contributed by atoms with Crippen LogP contribution in [-0.4, -0.2) is 52.6 Å². The van der Waals surface area contributed by atoms with E-state index in [-0.39, 0.29) is 0 Å². The number of benzene rings is 2. The topological polar surface area (TPSA) is 56.9 Å². The van der Waals surface area contributed by atoms with Gasteiger partial charge < -0.3 is 20.9 Å². The number of hydrogen-bond donors (Lipinski definition) is 2. The minimum Gasteiger partial charge on any atom is -0.369 e. The number of thiocarbonyl (C=S) groups is 2. The lowest BCUT2D eigenvalue weighted by molar-refractivity contribution is 0.647. The van der Waals surface area contributed by atoms with Crippen molar-refractivity contribution in [3.8, 4) is 0 Å². The summed E-state index contributed by atoms with van der Waals surface area (Å²) in [6.45, 7) is 0. The minimum atomic E-state index is 0.386. The van der Waals surface area contributed by atoms with Gasteiger partial charge in [0.25, 0.3) is 0 Å². The molecule has 5 nitrogen and oxygen atoms in total. The Morgan fingerprint density at radius 3 is 1.68 bits per heavy atom. The van der Waals surface area contributed by atoms with Crippen LogP contribution in [0.15, 0.2) is 65.7 Å². The highest BCUT2D eigenvalue weighted by molar-refractivity contribution is 8.89. The smallest absolute Gasteiger partial charge is 0.198 e. The van der Waals surface area contributed by atoms with Crippen molar-refractivity contribution in [1.82, 2.24) is 9.80 Å². The molecular formula is C19H25N5S4. The zero-order valence-electron chi connectivity index (χ0n) is 16.3. The second-order valence-corrected chi connectivity index (χ2v) is 9.21. The highest BCUT2D eigenvalue weighted by atomic mass is 33.1. The van der Waals surface area contributed by atoms with Crippen molar-refractivity contribution in [1.29, 1.82) is 0 Å². The van der Waals surface area contributed by atoms with Gasteiger partial charge in [0, 0.05) is 33.9 Å². The molecule has 28 heavy (non-hydrogen) atoms. The van der Waals surface area contributed by atoms with Crippen LogP contribution in [-0.2, 0) is 0 Å². The van der Waals surface area contributed by atoms with Crippen LogP contribution in [0.25, 0.3) is 0 Å². The number of rotatable bonds is 2. The summed E-state index contributed by atoms with van der Waals surface area (Å²) in [6, 6.07) is 19.3. The molecule has 0 aliphatic carbocycles. The third-order valence-electron chi connectivity index (χ3n) is 2.97. The number of nitrogens with zero attached hydrogens (tertiary/aromatic N) is 3. The standard InChI is InChI=1S/C13H13N3.C6H12N2S4/c14-13(15-11-7-3-1-4-8-11)16-12-9-5-2-6-10-12;1-7(2)5(9)11-12-6(10)8(3)4/h1-10H,(H3,14,15,16);1-4H3. The van der Waals surface area contributed by atoms with Crippen molar-refractivity contribution in [2.45, 2.75) is 0 Å².